The predicted octanol–water partition coefficient (Wildman–Crippen LogP) is 4.45. The van der Waals surface area contributed by atoms with Crippen LogP contribution in [-0.2, 0) is 14.1 Å². The van der Waals surface area contributed by atoms with Gasteiger partial charge in [-0.3, -0.25) is 9.36 Å². The van der Waals surface area contributed by atoms with Gasteiger partial charge in [0, 0.05) is 24.2 Å². The molecule has 172 valence electrons. The van der Waals surface area contributed by atoms with Gasteiger partial charge in [0.15, 0.2) is 0 Å². The molecule has 7 nitrogen and oxygen atoms in total. The number of benzene rings is 1. The van der Waals surface area contributed by atoms with Crippen LogP contribution in [0.1, 0.15) is 65.0 Å². The molecule has 3 aliphatic rings. The van der Waals surface area contributed by atoms with Gasteiger partial charge in [-0.1, -0.05) is 25.0 Å². The zero-order valence-corrected chi connectivity index (χ0v) is 20.4. The number of fused-ring (bicyclic) bond motifs is 1. The summed E-state index contributed by atoms with van der Waals surface area (Å²) in [7, 11) is -0.119. The van der Waals surface area contributed by atoms with Crippen molar-refractivity contribution in [3.05, 3.63) is 29.8 Å². The maximum Gasteiger partial charge on any atom is 0.325 e. The number of nitrogens with zero attached hydrogens (tertiary/aromatic N) is 3. The van der Waals surface area contributed by atoms with Gasteiger partial charge in [-0.15, -0.1) is 0 Å². The fourth-order valence-corrected chi connectivity index (χ4v) is 10.2. The monoisotopic (exact) mass is 449 g/mol. The Morgan fingerprint density at radius 2 is 1.48 bits per heavy atom. The van der Waals surface area contributed by atoms with E-state index in [1.807, 2.05) is 28.9 Å². The summed E-state index contributed by atoms with van der Waals surface area (Å²) in [4.78, 5) is 12.8. The van der Waals surface area contributed by atoms with E-state index in [1.54, 1.807) is 7.11 Å². The van der Waals surface area contributed by atoms with Gasteiger partial charge in [0.1, 0.15) is 11.8 Å². The summed E-state index contributed by atoms with van der Waals surface area (Å²) in [5.41, 5.74) is 0.966. The van der Waals surface area contributed by atoms with Gasteiger partial charge in [-0.05, 0) is 58.2 Å². The summed E-state index contributed by atoms with van der Waals surface area (Å²) in [6.07, 6.45) is 4.44. The highest BCUT2D eigenvalue weighted by molar-refractivity contribution is 7.57. The minimum absolute atomic E-state index is 0.121. The van der Waals surface area contributed by atoms with Gasteiger partial charge in [0.2, 0.25) is 0 Å². The first kappa shape index (κ1) is 22.8. The zero-order chi connectivity index (χ0) is 22.5. The number of carbonyl (C=O) groups excluding carboxylic acids is 1. The van der Waals surface area contributed by atoms with Crippen LogP contribution in [0.4, 0.5) is 0 Å². The van der Waals surface area contributed by atoms with E-state index in [4.69, 9.17) is 9.47 Å². The maximum atomic E-state index is 15.2. The van der Waals surface area contributed by atoms with Gasteiger partial charge in [0.25, 0.3) is 7.59 Å². The molecule has 0 radical (unpaired) electrons. The van der Waals surface area contributed by atoms with Crippen LogP contribution in [0, 0.1) is 0 Å². The summed E-state index contributed by atoms with van der Waals surface area (Å²) < 4.78 is 32.1. The molecule has 3 fully saturated rings. The minimum atomic E-state index is -3.16. The molecule has 0 spiro atoms. The molecule has 5 atom stereocenters. The number of esters is 1. The van der Waals surface area contributed by atoms with Crippen LogP contribution in [0.25, 0.3) is 0 Å². The largest absolute Gasteiger partial charge is 0.497 e. The van der Waals surface area contributed by atoms with Crippen molar-refractivity contribution in [2.45, 2.75) is 89.6 Å². The SMILES string of the molecule is COC(=O)[C@@H]1[C@H](c2ccc(OC)cc2)N1P1(=O)N(C(C)C)[C@@H]2CCCC[C@H]2N1C(C)C. The fourth-order valence-electron chi connectivity index (χ4n) is 5.86. The highest BCUT2D eigenvalue weighted by Gasteiger charge is 2.71. The number of hydrogen-bond acceptors (Lipinski definition) is 4. The second kappa shape index (κ2) is 8.51. The number of methoxy groups -OCH3 is 2. The third kappa shape index (κ3) is 3.54. The first-order chi connectivity index (χ1) is 14.8. The van der Waals surface area contributed by atoms with Gasteiger partial charge in [-0.25, -0.2) is 14.0 Å². The van der Waals surface area contributed by atoms with Crippen LogP contribution in [0.15, 0.2) is 24.3 Å². The van der Waals surface area contributed by atoms with Crippen LogP contribution < -0.4 is 4.74 Å². The Hall–Kier alpha value is -1.40. The van der Waals surface area contributed by atoms with Crippen LogP contribution in [0.5, 0.6) is 5.75 Å². The molecule has 0 N–H and O–H groups in total. The van der Waals surface area contributed by atoms with E-state index in [0.29, 0.717) is 0 Å². The van der Waals surface area contributed by atoms with Gasteiger partial charge < -0.3 is 9.47 Å². The van der Waals surface area contributed by atoms with Crippen molar-refractivity contribution in [2.75, 3.05) is 14.2 Å². The second-order valence-corrected chi connectivity index (χ2v) is 11.9. The van der Waals surface area contributed by atoms with E-state index in [0.717, 1.165) is 24.2 Å². The molecule has 1 aliphatic carbocycles. The molecule has 0 amide bonds. The lowest BCUT2D eigenvalue weighted by atomic mass is 9.89. The number of ether oxygens (including phenoxy) is 2. The molecule has 8 heteroatoms. The standard InChI is InChI=1S/C23H36N3O4P/c1-15(2)24-19-9-7-8-10-20(19)25(16(3)4)31(24,28)26-21(22(26)23(27)30-6)17-11-13-18(29-5)14-12-17/h11-16,19-22H,7-10H2,1-6H3/t19-,20-,21+,22+,26?/m1/s1. The van der Waals surface area contributed by atoms with Crippen LogP contribution in [0.3, 0.4) is 0 Å². The second-order valence-electron chi connectivity index (χ2n) is 9.45. The highest BCUT2D eigenvalue weighted by Crippen LogP contribution is 2.75. The Morgan fingerprint density at radius 1 is 0.968 bits per heavy atom. The zero-order valence-electron chi connectivity index (χ0n) is 19.5. The quantitative estimate of drug-likeness (QED) is 0.361. The molecular formula is C23H36N3O4P. The maximum absolute atomic E-state index is 15.2. The molecule has 4 rings (SSSR count). The Kier molecular flexibility index (Phi) is 6.25. The van der Waals surface area contributed by atoms with E-state index < -0.39 is 13.6 Å². The number of hydrogen-bond donors (Lipinski definition) is 0. The van der Waals surface area contributed by atoms with Crippen LogP contribution in [0.2, 0.25) is 0 Å². The van der Waals surface area contributed by atoms with Crippen molar-refractivity contribution < 1.29 is 18.8 Å². The molecular weight excluding hydrogens is 413 g/mol. The first-order valence-corrected chi connectivity index (χ1v) is 13.0. The van der Waals surface area contributed by atoms with Gasteiger partial charge in [-0.2, -0.15) is 0 Å². The minimum Gasteiger partial charge on any atom is -0.497 e. The lowest BCUT2D eigenvalue weighted by Gasteiger charge is -2.37. The lowest BCUT2D eigenvalue weighted by molar-refractivity contribution is -0.140. The third-order valence-electron chi connectivity index (χ3n) is 7.01. The summed E-state index contributed by atoms with van der Waals surface area (Å²) >= 11 is 0. The Bertz CT molecular complexity index is 831. The van der Waals surface area contributed by atoms with Crippen LogP contribution in [-0.4, -0.2) is 64.4 Å². The summed E-state index contributed by atoms with van der Waals surface area (Å²) in [5, 5.41) is 0. The van der Waals surface area contributed by atoms with E-state index in [1.165, 1.54) is 20.0 Å². The van der Waals surface area contributed by atoms with Crippen molar-refractivity contribution in [3.8, 4) is 5.75 Å². The molecule has 2 saturated heterocycles. The predicted molar refractivity (Wildman–Crippen MR) is 121 cm³/mol. The molecule has 31 heavy (non-hydrogen) atoms. The molecule has 1 unspecified atom stereocenters. The van der Waals surface area contributed by atoms with Crippen LogP contribution >= 0.6 is 7.59 Å². The smallest absolute Gasteiger partial charge is 0.325 e. The first-order valence-electron chi connectivity index (χ1n) is 11.5. The summed E-state index contributed by atoms with van der Waals surface area (Å²) in [6, 6.07) is 7.69. The third-order valence-corrected chi connectivity index (χ3v) is 10.8. The van der Waals surface area contributed by atoms with Crippen molar-refractivity contribution in [1.29, 1.82) is 0 Å². The molecule has 2 aliphatic heterocycles. The molecule has 2 heterocycles. The van der Waals surface area contributed by atoms with Crippen molar-refractivity contribution >= 4 is 13.6 Å². The topological polar surface area (TPSA) is 62.1 Å². The molecule has 1 aromatic carbocycles. The van der Waals surface area contributed by atoms with Crippen molar-refractivity contribution in [1.82, 2.24) is 14.0 Å². The Labute approximate surface area is 186 Å². The van der Waals surface area contributed by atoms with Gasteiger partial charge in [0.05, 0.1) is 20.3 Å². The molecule has 0 bridgehead atoms. The lowest BCUT2D eigenvalue weighted by Crippen LogP contribution is -2.43. The molecule has 0 aromatic heterocycles. The summed E-state index contributed by atoms with van der Waals surface area (Å²) in [5.74, 6) is 0.440. The fraction of sp³-hybridized carbons (Fsp3) is 0.696. The normalized spacial score (nSPS) is 32.8. The van der Waals surface area contributed by atoms with Crippen molar-refractivity contribution in [3.63, 3.8) is 0 Å². The number of carbonyl (C=O) groups is 1. The number of rotatable bonds is 6. The van der Waals surface area contributed by atoms with Gasteiger partial charge >= 0.3 is 5.97 Å². The molecule has 1 saturated carbocycles. The Balaban J connectivity index is 1.80. The van der Waals surface area contributed by atoms with E-state index in [2.05, 4.69) is 37.0 Å². The Morgan fingerprint density at radius 3 is 1.90 bits per heavy atom. The van der Waals surface area contributed by atoms with Crippen molar-refractivity contribution in [2.24, 2.45) is 0 Å². The highest BCUT2D eigenvalue weighted by atomic mass is 31.2. The molecule has 1 aromatic rings. The average Bonchev–Trinajstić information content (AvgIpc) is 3.44. The van der Waals surface area contributed by atoms with E-state index >= 15 is 4.57 Å². The van der Waals surface area contributed by atoms with E-state index in [-0.39, 0.29) is 36.2 Å². The average molecular weight is 450 g/mol. The summed E-state index contributed by atoms with van der Waals surface area (Å²) in [6.45, 7) is 8.50. The van der Waals surface area contributed by atoms with E-state index in [9.17, 15) is 4.79 Å².